The smallest absolute Gasteiger partial charge is 0.236 e. The minimum absolute atomic E-state index is 0.321. The van der Waals surface area contributed by atoms with E-state index >= 15 is 0 Å². The fourth-order valence-electron chi connectivity index (χ4n) is 5.05. The van der Waals surface area contributed by atoms with Gasteiger partial charge in [-0.15, -0.1) is 0 Å². The van der Waals surface area contributed by atoms with Crippen LogP contribution in [0.5, 0.6) is 0 Å². The molecule has 1 amide bonds. The van der Waals surface area contributed by atoms with Gasteiger partial charge in [0.1, 0.15) is 0 Å². The second-order valence-electron chi connectivity index (χ2n) is 8.85. The number of likely N-dealkylation sites (tertiary alicyclic amines) is 1. The molecule has 0 spiro atoms. The van der Waals surface area contributed by atoms with E-state index in [4.69, 9.17) is 11.6 Å². The maximum atomic E-state index is 12.9. The molecule has 0 N–H and O–H groups in total. The van der Waals surface area contributed by atoms with Crippen LogP contribution in [0.25, 0.3) is 0 Å². The number of anilines is 1. The van der Waals surface area contributed by atoms with Crippen LogP contribution in [0, 0.1) is 0 Å². The van der Waals surface area contributed by atoms with Gasteiger partial charge >= 0.3 is 0 Å². The van der Waals surface area contributed by atoms with E-state index in [9.17, 15) is 4.79 Å². The van der Waals surface area contributed by atoms with Gasteiger partial charge in [-0.2, -0.15) is 0 Å². The molecule has 1 aromatic carbocycles. The van der Waals surface area contributed by atoms with Crippen molar-refractivity contribution in [1.29, 1.82) is 0 Å². The van der Waals surface area contributed by atoms with Crippen LogP contribution in [0.3, 0.4) is 0 Å². The van der Waals surface area contributed by atoms with Crippen molar-refractivity contribution in [3.8, 4) is 0 Å². The number of piperazine rings is 2. The van der Waals surface area contributed by atoms with E-state index in [2.05, 4.69) is 43.6 Å². The zero-order valence-corrected chi connectivity index (χ0v) is 19.1. The lowest BCUT2D eigenvalue weighted by Crippen LogP contribution is -2.57. The van der Waals surface area contributed by atoms with Gasteiger partial charge in [0.25, 0.3) is 0 Å². The van der Waals surface area contributed by atoms with Crippen molar-refractivity contribution >= 4 is 23.2 Å². The molecule has 30 heavy (non-hydrogen) atoms. The maximum absolute atomic E-state index is 12.9. The van der Waals surface area contributed by atoms with Crippen LogP contribution in [0.1, 0.15) is 19.8 Å². The monoisotopic (exact) mass is 433 g/mol. The van der Waals surface area contributed by atoms with Crippen molar-refractivity contribution in [2.45, 2.75) is 25.8 Å². The number of rotatable bonds is 5. The van der Waals surface area contributed by atoms with Gasteiger partial charge < -0.3 is 14.7 Å². The second kappa shape index (κ2) is 10.3. The molecule has 7 heteroatoms. The maximum Gasteiger partial charge on any atom is 0.236 e. The third-order valence-corrected chi connectivity index (χ3v) is 7.26. The van der Waals surface area contributed by atoms with Crippen molar-refractivity contribution in [1.82, 2.24) is 19.6 Å². The van der Waals surface area contributed by atoms with Crippen LogP contribution >= 0.6 is 11.6 Å². The first-order chi connectivity index (χ1) is 14.6. The zero-order chi connectivity index (χ0) is 20.9. The summed E-state index contributed by atoms with van der Waals surface area (Å²) in [5.41, 5.74) is 1.21. The summed E-state index contributed by atoms with van der Waals surface area (Å²) in [5.74, 6) is 0.321. The van der Waals surface area contributed by atoms with E-state index in [1.807, 2.05) is 12.1 Å². The summed E-state index contributed by atoms with van der Waals surface area (Å²) >= 11 is 6.16. The summed E-state index contributed by atoms with van der Waals surface area (Å²) in [6, 6.07) is 8.65. The molecule has 3 aliphatic rings. The topological polar surface area (TPSA) is 33.3 Å². The highest BCUT2D eigenvalue weighted by Crippen LogP contribution is 2.23. The molecule has 1 atom stereocenters. The molecule has 1 unspecified atom stereocenters. The van der Waals surface area contributed by atoms with Gasteiger partial charge in [0.15, 0.2) is 0 Å². The molecule has 3 fully saturated rings. The molecule has 3 aliphatic heterocycles. The van der Waals surface area contributed by atoms with Gasteiger partial charge in [0.2, 0.25) is 5.91 Å². The number of carbonyl (C=O) groups is 1. The third-order valence-electron chi connectivity index (χ3n) is 7.02. The van der Waals surface area contributed by atoms with Crippen LogP contribution in [-0.4, -0.2) is 110 Å². The highest BCUT2D eigenvalue weighted by atomic mass is 35.5. The fraction of sp³-hybridized carbons (Fsp3) is 0.696. The van der Waals surface area contributed by atoms with E-state index in [1.54, 1.807) is 0 Å². The summed E-state index contributed by atoms with van der Waals surface area (Å²) in [7, 11) is 0. The third kappa shape index (κ3) is 5.47. The summed E-state index contributed by atoms with van der Waals surface area (Å²) < 4.78 is 0. The molecule has 0 radical (unpaired) electrons. The number of halogens is 1. The van der Waals surface area contributed by atoms with Crippen LogP contribution in [-0.2, 0) is 4.79 Å². The minimum Gasteiger partial charge on any atom is -0.369 e. The van der Waals surface area contributed by atoms with Crippen molar-refractivity contribution in [3.05, 3.63) is 29.3 Å². The predicted octanol–water partition coefficient (Wildman–Crippen LogP) is 2.09. The average molecular weight is 434 g/mol. The van der Waals surface area contributed by atoms with Crippen LogP contribution in [0.4, 0.5) is 5.69 Å². The van der Waals surface area contributed by atoms with Crippen LogP contribution in [0.2, 0.25) is 5.02 Å². The molecule has 3 heterocycles. The summed E-state index contributed by atoms with van der Waals surface area (Å²) in [4.78, 5) is 24.9. The molecule has 0 aromatic heterocycles. The Morgan fingerprint density at radius 3 is 2.43 bits per heavy atom. The average Bonchev–Trinajstić information content (AvgIpc) is 2.80. The quantitative estimate of drug-likeness (QED) is 0.710. The summed E-state index contributed by atoms with van der Waals surface area (Å²) in [5, 5.41) is 0.799. The highest BCUT2D eigenvalue weighted by Gasteiger charge is 2.31. The lowest BCUT2D eigenvalue weighted by Gasteiger charge is -2.44. The number of piperidine rings is 1. The Kier molecular flexibility index (Phi) is 7.52. The first kappa shape index (κ1) is 21.9. The van der Waals surface area contributed by atoms with E-state index < -0.39 is 0 Å². The van der Waals surface area contributed by atoms with E-state index in [0.717, 1.165) is 83.4 Å². The van der Waals surface area contributed by atoms with Crippen molar-refractivity contribution in [3.63, 3.8) is 0 Å². The molecule has 1 aromatic rings. The van der Waals surface area contributed by atoms with Gasteiger partial charge in [0.05, 0.1) is 6.54 Å². The Balaban J connectivity index is 1.24. The van der Waals surface area contributed by atoms with Gasteiger partial charge in [-0.05, 0) is 37.6 Å². The number of carbonyl (C=O) groups excluding carboxylic acids is 1. The summed E-state index contributed by atoms with van der Waals surface area (Å²) in [6.45, 7) is 14.1. The standard InChI is InChI=1S/C23H36ClN5O/c1-2-25-9-11-26(12-10-25)19-23(30)29-8-4-7-22(18-29)28-15-13-27(14-16-28)21-6-3-5-20(24)17-21/h3,5-6,17,22H,2,4,7-16,18-19H2,1H3. The van der Waals surface area contributed by atoms with Crippen molar-refractivity contribution < 1.29 is 4.79 Å². The number of amides is 1. The van der Waals surface area contributed by atoms with Crippen LogP contribution in [0.15, 0.2) is 24.3 Å². The largest absolute Gasteiger partial charge is 0.369 e. The number of benzene rings is 1. The fourth-order valence-corrected chi connectivity index (χ4v) is 5.24. The number of likely N-dealkylation sites (N-methyl/N-ethyl adjacent to an activating group) is 1. The van der Waals surface area contributed by atoms with Crippen molar-refractivity contribution in [2.24, 2.45) is 0 Å². The van der Waals surface area contributed by atoms with Crippen molar-refractivity contribution in [2.75, 3.05) is 83.4 Å². The lowest BCUT2D eigenvalue weighted by molar-refractivity contribution is -0.135. The molecule has 0 saturated carbocycles. The summed E-state index contributed by atoms with van der Waals surface area (Å²) in [6.07, 6.45) is 2.32. The van der Waals surface area contributed by atoms with Gasteiger partial charge in [-0.25, -0.2) is 0 Å². The zero-order valence-electron chi connectivity index (χ0n) is 18.3. The molecule has 0 bridgehead atoms. The second-order valence-corrected chi connectivity index (χ2v) is 9.29. The number of hydrogen-bond acceptors (Lipinski definition) is 5. The normalized spacial score (nSPS) is 24.9. The number of nitrogens with zero attached hydrogens (tertiary/aromatic N) is 5. The Hall–Kier alpha value is -1.34. The molecule has 3 saturated heterocycles. The predicted molar refractivity (Wildman–Crippen MR) is 123 cm³/mol. The minimum atomic E-state index is 0.321. The molecule has 4 rings (SSSR count). The Morgan fingerprint density at radius 1 is 1.00 bits per heavy atom. The molecular formula is C23H36ClN5O. The molecule has 166 valence electrons. The van der Waals surface area contributed by atoms with E-state index in [-0.39, 0.29) is 0 Å². The van der Waals surface area contributed by atoms with E-state index in [0.29, 0.717) is 18.5 Å². The Morgan fingerprint density at radius 2 is 1.73 bits per heavy atom. The SMILES string of the molecule is CCN1CCN(CC(=O)N2CCCC(N3CCN(c4cccc(Cl)c4)CC3)C2)CC1. The van der Waals surface area contributed by atoms with Gasteiger partial charge in [0, 0.05) is 82.2 Å². The van der Waals surface area contributed by atoms with Crippen LogP contribution < -0.4 is 4.90 Å². The molecular weight excluding hydrogens is 398 g/mol. The molecule has 6 nitrogen and oxygen atoms in total. The highest BCUT2D eigenvalue weighted by molar-refractivity contribution is 6.30. The molecule has 0 aliphatic carbocycles. The first-order valence-corrected chi connectivity index (χ1v) is 12.0. The van der Waals surface area contributed by atoms with Gasteiger partial charge in [-0.3, -0.25) is 14.6 Å². The van der Waals surface area contributed by atoms with E-state index in [1.165, 1.54) is 12.1 Å². The Labute approximate surface area is 186 Å². The van der Waals surface area contributed by atoms with Gasteiger partial charge in [-0.1, -0.05) is 24.6 Å². The first-order valence-electron chi connectivity index (χ1n) is 11.6. The number of hydrogen-bond donors (Lipinski definition) is 0. The lowest BCUT2D eigenvalue weighted by atomic mass is 10.0. The Bertz CT molecular complexity index is 701.